The zero-order valence-electron chi connectivity index (χ0n) is 14.0. The summed E-state index contributed by atoms with van der Waals surface area (Å²) in [6, 6.07) is 28.8. The van der Waals surface area contributed by atoms with Gasteiger partial charge in [0.2, 0.25) is 0 Å². The Bertz CT molecular complexity index is 854. The van der Waals surface area contributed by atoms with E-state index in [0.717, 1.165) is 21.1 Å². The fourth-order valence-corrected chi connectivity index (χ4v) is 3.51. The number of hydrogen-bond donors (Lipinski definition) is 1. The summed E-state index contributed by atoms with van der Waals surface area (Å²) in [5.74, 6) is 0. The van der Waals surface area contributed by atoms with Crippen molar-refractivity contribution >= 4 is 34.5 Å². The molecule has 3 heteroatoms. The number of allylic oxidation sites excluding steroid dienone is 1. The van der Waals surface area contributed by atoms with E-state index in [-0.39, 0.29) is 0 Å². The van der Waals surface area contributed by atoms with Gasteiger partial charge >= 0.3 is 0 Å². The number of rotatable bonds is 6. The van der Waals surface area contributed by atoms with Crippen molar-refractivity contribution in [2.75, 3.05) is 5.32 Å². The fourth-order valence-electron chi connectivity index (χ4n) is 2.29. The maximum absolute atomic E-state index is 5.62. The van der Waals surface area contributed by atoms with Crippen LogP contribution < -0.4 is 5.32 Å². The van der Waals surface area contributed by atoms with Gasteiger partial charge in [0.1, 0.15) is 0 Å². The molecule has 124 valence electrons. The van der Waals surface area contributed by atoms with Gasteiger partial charge in [0.25, 0.3) is 0 Å². The van der Waals surface area contributed by atoms with E-state index >= 15 is 0 Å². The van der Waals surface area contributed by atoms with E-state index < -0.39 is 0 Å². The van der Waals surface area contributed by atoms with E-state index in [1.807, 2.05) is 54.6 Å². The summed E-state index contributed by atoms with van der Waals surface area (Å²) in [7, 11) is 0. The molecule has 0 spiro atoms. The van der Waals surface area contributed by atoms with Gasteiger partial charge in [-0.2, -0.15) is 0 Å². The number of aryl methyl sites for hydroxylation is 1. The van der Waals surface area contributed by atoms with E-state index in [1.54, 1.807) is 11.8 Å². The standard InChI is InChI=1S/C22H19NS2/c1-17-12-14-19(15-13-17)23-22(25-20-10-6-3-7-11-20)16-21(24)18-8-4-2-5-9-18/h2-16,23H,1H3/b22-16+. The molecule has 25 heavy (non-hydrogen) atoms. The quantitative estimate of drug-likeness (QED) is 0.234. The van der Waals surface area contributed by atoms with Crippen molar-refractivity contribution in [3.05, 3.63) is 107 Å². The predicted molar refractivity (Wildman–Crippen MR) is 113 cm³/mol. The van der Waals surface area contributed by atoms with Crippen LogP contribution in [-0.2, 0) is 0 Å². The first kappa shape index (κ1) is 17.5. The van der Waals surface area contributed by atoms with Gasteiger partial charge in [0, 0.05) is 15.4 Å². The molecule has 3 rings (SSSR count). The van der Waals surface area contributed by atoms with Gasteiger partial charge in [0.05, 0.1) is 5.03 Å². The van der Waals surface area contributed by atoms with Crippen molar-refractivity contribution in [3.63, 3.8) is 0 Å². The first-order valence-corrected chi connectivity index (χ1v) is 9.31. The van der Waals surface area contributed by atoms with Crippen LogP contribution in [0.25, 0.3) is 0 Å². The number of thiocarbonyl (C=S) groups is 1. The number of anilines is 1. The Labute approximate surface area is 158 Å². The zero-order valence-corrected chi connectivity index (χ0v) is 15.6. The summed E-state index contributed by atoms with van der Waals surface area (Å²) < 4.78 is 0. The van der Waals surface area contributed by atoms with E-state index in [9.17, 15) is 0 Å². The molecule has 0 aliphatic carbocycles. The van der Waals surface area contributed by atoms with Crippen molar-refractivity contribution in [1.29, 1.82) is 0 Å². The lowest BCUT2D eigenvalue weighted by atomic mass is 10.1. The average molecular weight is 362 g/mol. The molecule has 1 nitrogen and oxygen atoms in total. The van der Waals surface area contributed by atoms with E-state index in [2.05, 4.69) is 48.6 Å². The van der Waals surface area contributed by atoms with Gasteiger partial charge in [0.15, 0.2) is 0 Å². The van der Waals surface area contributed by atoms with Crippen molar-refractivity contribution in [2.24, 2.45) is 0 Å². The van der Waals surface area contributed by atoms with E-state index in [1.165, 1.54) is 10.5 Å². The van der Waals surface area contributed by atoms with Crippen molar-refractivity contribution in [1.82, 2.24) is 0 Å². The Morgan fingerprint density at radius 2 is 1.44 bits per heavy atom. The Hall–Kier alpha value is -2.36. The summed E-state index contributed by atoms with van der Waals surface area (Å²) in [5.41, 5.74) is 3.34. The molecule has 0 aliphatic heterocycles. The lowest BCUT2D eigenvalue weighted by Crippen LogP contribution is -2.01. The van der Waals surface area contributed by atoms with Crippen LogP contribution in [0, 0.1) is 6.92 Å². The molecule has 0 aliphatic rings. The van der Waals surface area contributed by atoms with Crippen molar-refractivity contribution in [3.8, 4) is 0 Å². The summed E-state index contributed by atoms with van der Waals surface area (Å²) in [6.45, 7) is 2.09. The third-order valence-electron chi connectivity index (χ3n) is 3.61. The SMILES string of the molecule is Cc1ccc(N/C(=C\C(=S)c2ccccc2)Sc2ccccc2)cc1. The van der Waals surface area contributed by atoms with Gasteiger partial charge < -0.3 is 5.32 Å². The Kier molecular flexibility index (Phi) is 6.04. The molecule has 0 saturated heterocycles. The Morgan fingerprint density at radius 1 is 0.840 bits per heavy atom. The van der Waals surface area contributed by atoms with Crippen LogP contribution in [0.1, 0.15) is 11.1 Å². The monoisotopic (exact) mass is 361 g/mol. The fraction of sp³-hybridized carbons (Fsp3) is 0.0455. The molecular weight excluding hydrogens is 342 g/mol. The van der Waals surface area contributed by atoms with Gasteiger partial charge in [-0.05, 0) is 42.8 Å². The number of thioether (sulfide) groups is 1. The highest BCUT2D eigenvalue weighted by atomic mass is 32.2. The van der Waals surface area contributed by atoms with Gasteiger partial charge in [-0.3, -0.25) is 0 Å². The minimum Gasteiger partial charge on any atom is -0.350 e. The van der Waals surface area contributed by atoms with Crippen molar-refractivity contribution < 1.29 is 0 Å². The molecule has 3 aromatic rings. The largest absolute Gasteiger partial charge is 0.350 e. The normalized spacial score (nSPS) is 11.2. The van der Waals surface area contributed by atoms with Crippen LogP contribution in [0.15, 0.2) is 101 Å². The summed E-state index contributed by atoms with van der Waals surface area (Å²) in [4.78, 5) is 1.99. The predicted octanol–water partition coefficient (Wildman–Crippen LogP) is 6.46. The first-order valence-electron chi connectivity index (χ1n) is 8.08. The summed E-state index contributed by atoms with van der Waals surface area (Å²) in [5, 5.41) is 4.50. The highest BCUT2D eigenvalue weighted by Gasteiger charge is 2.05. The number of hydrogen-bond acceptors (Lipinski definition) is 3. The number of nitrogens with one attached hydrogen (secondary N) is 1. The average Bonchev–Trinajstić information content (AvgIpc) is 2.65. The first-order chi connectivity index (χ1) is 12.2. The molecule has 3 aromatic carbocycles. The zero-order chi connectivity index (χ0) is 17.5. The third kappa shape index (κ3) is 5.31. The Balaban J connectivity index is 1.86. The van der Waals surface area contributed by atoms with Crippen LogP contribution in [0.4, 0.5) is 5.69 Å². The van der Waals surface area contributed by atoms with Crippen LogP contribution in [0.2, 0.25) is 0 Å². The van der Waals surface area contributed by atoms with Crippen molar-refractivity contribution in [2.45, 2.75) is 11.8 Å². The second-order valence-corrected chi connectivity index (χ2v) is 7.20. The third-order valence-corrected chi connectivity index (χ3v) is 4.91. The summed E-state index contributed by atoms with van der Waals surface area (Å²) >= 11 is 7.29. The van der Waals surface area contributed by atoms with E-state index in [4.69, 9.17) is 12.2 Å². The maximum atomic E-state index is 5.62. The molecular formula is C22H19NS2. The molecule has 0 atom stereocenters. The second kappa shape index (κ2) is 8.65. The second-order valence-electron chi connectivity index (χ2n) is 5.65. The molecule has 1 N–H and O–H groups in total. The molecule has 0 heterocycles. The summed E-state index contributed by atoms with van der Waals surface area (Å²) in [6.07, 6.45) is 2.03. The minimum absolute atomic E-state index is 0.818. The van der Waals surface area contributed by atoms with Crippen LogP contribution in [-0.4, -0.2) is 4.86 Å². The maximum Gasteiger partial charge on any atom is 0.0788 e. The molecule has 0 fully saturated rings. The lowest BCUT2D eigenvalue weighted by molar-refractivity contribution is 1.44. The Morgan fingerprint density at radius 3 is 2.08 bits per heavy atom. The smallest absolute Gasteiger partial charge is 0.0788 e. The van der Waals surface area contributed by atoms with Crippen LogP contribution in [0.5, 0.6) is 0 Å². The van der Waals surface area contributed by atoms with Crippen LogP contribution >= 0.6 is 24.0 Å². The van der Waals surface area contributed by atoms with Gasteiger partial charge in [-0.15, -0.1) is 0 Å². The molecule has 0 radical (unpaired) electrons. The van der Waals surface area contributed by atoms with Gasteiger partial charge in [-0.1, -0.05) is 90.2 Å². The highest BCUT2D eigenvalue weighted by molar-refractivity contribution is 8.03. The lowest BCUT2D eigenvalue weighted by Gasteiger charge is -2.12. The molecule has 0 aromatic heterocycles. The van der Waals surface area contributed by atoms with Gasteiger partial charge in [-0.25, -0.2) is 0 Å². The molecule has 0 unspecified atom stereocenters. The van der Waals surface area contributed by atoms with Crippen LogP contribution in [0.3, 0.4) is 0 Å². The molecule has 0 saturated carbocycles. The van der Waals surface area contributed by atoms with E-state index in [0.29, 0.717) is 0 Å². The molecule has 0 bridgehead atoms. The highest BCUT2D eigenvalue weighted by Crippen LogP contribution is 2.28. The number of benzene rings is 3. The topological polar surface area (TPSA) is 12.0 Å². The minimum atomic E-state index is 0.818. The molecule has 0 amide bonds.